The summed E-state index contributed by atoms with van der Waals surface area (Å²) in [6.07, 6.45) is 8.08. The Labute approximate surface area is 134 Å². The molecule has 5 nitrogen and oxygen atoms in total. The quantitative estimate of drug-likeness (QED) is 0.288. The lowest BCUT2D eigenvalue weighted by atomic mass is 9.92. The van der Waals surface area contributed by atoms with Crippen molar-refractivity contribution in [2.45, 2.75) is 38.2 Å². The summed E-state index contributed by atoms with van der Waals surface area (Å²) < 4.78 is 10.0. The number of carbonyl (C=O) groups excluding carboxylic acids is 2. The number of unbranched alkanes of at least 4 members (excludes halogenated alkanes) is 1. The average Bonchev–Trinajstić information content (AvgIpc) is 2.83. The first-order valence-corrected chi connectivity index (χ1v) is 8.01. The lowest BCUT2D eigenvalue weighted by Gasteiger charge is -2.19. The number of aliphatic hydroxyl groups is 1. The van der Waals surface area contributed by atoms with Crippen LogP contribution in [-0.2, 0) is 18.8 Å². The second kappa shape index (κ2) is 10.7. The molecule has 0 saturated heterocycles. The van der Waals surface area contributed by atoms with Gasteiger partial charge in [0, 0.05) is 40.8 Å². The summed E-state index contributed by atoms with van der Waals surface area (Å²) in [5.74, 6) is -0.392. The third kappa shape index (κ3) is 5.99. The van der Waals surface area contributed by atoms with Crippen LogP contribution in [0.5, 0.6) is 0 Å². The highest BCUT2D eigenvalue weighted by molar-refractivity contribution is 7.09. The van der Waals surface area contributed by atoms with Crippen molar-refractivity contribution < 1.29 is 24.0 Å². The van der Waals surface area contributed by atoms with E-state index in [1.807, 2.05) is 12.2 Å². The summed E-state index contributed by atoms with van der Waals surface area (Å²) in [6, 6.07) is 0. The van der Waals surface area contributed by atoms with Crippen molar-refractivity contribution in [3.63, 3.8) is 0 Å². The van der Waals surface area contributed by atoms with Crippen molar-refractivity contribution in [3.05, 3.63) is 24.8 Å². The minimum absolute atomic E-state index is 0.0432. The number of hydrogen-bond acceptors (Lipinski definition) is 5. The Bertz CT molecular complexity index is 407. The zero-order valence-corrected chi connectivity index (χ0v) is 13.9. The first-order chi connectivity index (χ1) is 10.6. The van der Waals surface area contributed by atoms with Crippen molar-refractivity contribution in [1.82, 2.24) is 0 Å². The molecule has 1 aliphatic carbocycles. The molecule has 1 unspecified atom stereocenters. The summed E-state index contributed by atoms with van der Waals surface area (Å²) >= 11 is 0. The summed E-state index contributed by atoms with van der Waals surface area (Å²) in [5.41, 5.74) is 0. The fourth-order valence-corrected chi connectivity index (χ4v) is 2.95. The Balaban J connectivity index is 2.26. The Morgan fingerprint density at radius 2 is 2.23 bits per heavy atom. The van der Waals surface area contributed by atoms with E-state index >= 15 is 0 Å². The van der Waals surface area contributed by atoms with E-state index in [0.717, 1.165) is 6.42 Å². The van der Waals surface area contributed by atoms with Gasteiger partial charge in [-0.15, -0.1) is 0 Å². The molecule has 0 heterocycles. The van der Waals surface area contributed by atoms with E-state index in [0.29, 0.717) is 25.7 Å². The number of carbonyl (C=O) groups is 2. The predicted octanol–water partition coefficient (Wildman–Crippen LogP) is 2.21. The van der Waals surface area contributed by atoms with E-state index in [1.54, 1.807) is 6.08 Å². The molecule has 0 aromatic carbocycles. The van der Waals surface area contributed by atoms with Gasteiger partial charge in [-0.2, -0.15) is 0 Å². The van der Waals surface area contributed by atoms with Crippen molar-refractivity contribution in [3.8, 4) is 0 Å². The minimum atomic E-state index is -0.222. The molecule has 0 aromatic heterocycles. The minimum Gasteiger partial charge on any atom is -0.461 e. The maximum Gasteiger partial charge on any atom is 0.306 e. The van der Waals surface area contributed by atoms with Crippen LogP contribution in [-0.4, -0.2) is 36.2 Å². The second-order valence-corrected chi connectivity index (χ2v) is 5.64. The molecule has 0 bridgehead atoms. The Morgan fingerprint density at radius 3 is 2.86 bits per heavy atom. The average molecular weight is 328 g/mol. The van der Waals surface area contributed by atoms with Gasteiger partial charge >= 0.3 is 5.97 Å². The first kappa shape index (κ1) is 19.0. The molecule has 4 atom stereocenters. The fraction of sp³-hybridized carbons (Fsp3) is 0.625. The van der Waals surface area contributed by atoms with Gasteiger partial charge in [0.1, 0.15) is 12.4 Å². The number of hydrogen-bond donors (Lipinski definition) is 1. The van der Waals surface area contributed by atoms with Crippen LogP contribution in [0.1, 0.15) is 32.1 Å². The largest absolute Gasteiger partial charge is 0.461 e. The van der Waals surface area contributed by atoms with Crippen LogP contribution >= 0.6 is 9.47 Å². The Morgan fingerprint density at radius 1 is 1.45 bits per heavy atom. The summed E-state index contributed by atoms with van der Waals surface area (Å²) in [7, 11) is 2.17. The fourth-order valence-electron chi connectivity index (χ4n) is 2.65. The van der Waals surface area contributed by atoms with Crippen LogP contribution < -0.4 is 0 Å². The Kier molecular flexibility index (Phi) is 9.21. The molecule has 1 N–H and O–H groups in total. The van der Waals surface area contributed by atoms with E-state index < -0.39 is 0 Å². The SMILES string of the molecule is C=CCOC(=O)CCC/C=C\C[C@H]1C(=O)C[C@@H](OP)[C@@H]1CO. The van der Waals surface area contributed by atoms with Gasteiger partial charge in [-0.1, -0.05) is 24.8 Å². The number of rotatable bonds is 10. The number of ether oxygens (including phenoxy) is 1. The van der Waals surface area contributed by atoms with Gasteiger partial charge in [0.15, 0.2) is 0 Å². The maximum atomic E-state index is 11.9. The van der Waals surface area contributed by atoms with E-state index in [9.17, 15) is 14.7 Å². The van der Waals surface area contributed by atoms with Gasteiger partial charge in [-0.05, 0) is 19.3 Å². The number of allylic oxidation sites excluding steroid dienone is 2. The highest BCUT2D eigenvalue weighted by Crippen LogP contribution is 2.34. The molecule has 1 rings (SSSR count). The molecule has 1 aliphatic rings. The van der Waals surface area contributed by atoms with Gasteiger partial charge in [0.05, 0.1) is 6.10 Å². The molecule has 0 radical (unpaired) electrons. The molecule has 22 heavy (non-hydrogen) atoms. The van der Waals surface area contributed by atoms with Gasteiger partial charge < -0.3 is 14.4 Å². The molecule has 0 aliphatic heterocycles. The zero-order chi connectivity index (χ0) is 16.4. The smallest absolute Gasteiger partial charge is 0.306 e. The van der Waals surface area contributed by atoms with Crippen LogP contribution in [0.2, 0.25) is 0 Å². The molecule has 124 valence electrons. The van der Waals surface area contributed by atoms with Gasteiger partial charge in [-0.3, -0.25) is 9.59 Å². The van der Waals surface area contributed by atoms with Crippen LogP contribution in [0.15, 0.2) is 24.8 Å². The van der Waals surface area contributed by atoms with Crippen LogP contribution in [0.4, 0.5) is 0 Å². The maximum absolute atomic E-state index is 11.9. The van der Waals surface area contributed by atoms with Crippen LogP contribution in [0.3, 0.4) is 0 Å². The van der Waals surface area contributed by atoms with Crippen molar-refractivity contribution in [1.29, 1.82) is 0 Å². The molecule has 1 saturated carbocycles. The Hall–Kier alpha value is -1.03. The van der Waals surface area contributed by atoms with Gasteiger partial charge in [0.25, 0.3) is 0 Å². The normalized spacial score (nSPS) is 24.8. The van der Waals surface area contributed by atoms with Crippen molar-refractivity contribution in [2.24, 2.45) is 11.8 Å². The van der Waals surface area contributed by atoms with E-state index in [2.05, 4.69) is 16.0 Å². The molecular formula is C16H25O5P. The number of aliphatic hydroxyl groups excluding tert-OH is 1. The second-order valence-electron chi connectivity index (χ2n) is 5.37. The molecule has 1 fully saturated rings. The third-order valence-corrected chi connectivity index (χ3v) is 4.22. The number of Topliss-reactive ketones (excluding diaryl/α,β-unsaturated/α-hetero) is 1. The van der Waals surface area contributed by atoms with Crippen molar-refractivity contribution in [2.75, 3.05) is 13.2 Å². The summed E-state index contributed by atoms with van der Waals surface area (Å²) in [6.45, 7) is 3.68. The molecule has 0 spiro atoms. The van der Waals surface area contributed by atoms with E-state index in [-0.39, 0.29) is 42.9 Å². The molecule has 0 aromatic rings. The summed E-state index contributed by atoms with van der Waals surface area (Å²) in [5, 5.41) is 9.40. The monoisotopic (exact) mass is 328 g/mol. The van der Waals surface area contributed by atoms with Crippen LogP contribution in [0.25, 0.3) is 0 Å². The molecule has 6 heteroatoms. The predicted molar refractivity (Wildman–Crippen MR) is 87.0 cm³/mol. The highest BCUT2D eigenvalue weighted by atomic mass is 31.0. The van der Waals surface area contributed by atoms with E-state index in [4.69, 9.17) is 9.26 Å². The third-order valence-electron chi connectivity index (χ3n) is 3.87. The van der Waals surface area contributed by atoms with Crippen molar-refractivity contribution >= 4 is 21.2 Å². The molecule has 0 amide bonds. The standard InChI is InChI=1S/C16H25O5P/c1-2-9-20-16(19)8-6-4-3-5-7-12-13(11-17)15(21-22)10-14(12)18/h2-3,5,12-13,15,17H,1,4,6-11,22H2/b5-3-/t12-,13-,15-/m1/s1. The van der Waals surface area contributed by atoms with Gasteiger partial charge in [0.2, 0.25) is 0 Å². The topological polar surface area (TPSA) is 72.8 Å². The van der Waals surface area contributed by atoms with Crippen LogP contribution in [0, 0.1) is 11.8 Å². The summed E-state index contributed by atoms with van der Waals surface area (Å²) in [4.78, 5) is 23.2. The molecular weight excluding hydrogens is 303 g/mol. The van der Waals surface area contributed by atoms with E-state index in [1.165, 1.54) is 0 Å². The number of ketones is 1. The highest BCUT2D eigenvalue weighted by Gasteiger charge is 2.41. The first-order valence-electron chi connectivity index (χ1n) is 7.54. The van der Waals surface area contributed by atoms with Gasteiger partial charge in [-0.25, -0.2) is 0 Å². The number of esters is 1. The zero-order valence-electron chi connectivity index (χ0n) is 12.8. The lowest BCUT2D eigenvalue weighted by Crippen LogP contribution is -2.24. The lowest BCUT2D eigenvalue weighted by molar-refractivity contribution is -0.142.